The number of nitrogens with zero attached hydrogens (tertiary/aromatic N) is 3. The minimum Gasteiger partial charge on any atom is -0.489 e. The Kier molecular flexibility index (Phi) is 12.6. The second-order valence-corrected chi connectivity index (χ2v) is 15.2. The third-order valence-corrected chi connectivity index (χ3v) is 11.1. The zero-order valence-electron chi connectivity index (χ0n) is 30.5. The van der Waals surface area contributed by atoms with Crippen molar-refractivity contribution < 1.29 is 38.1 Å². The normalized spacial score (nSPS) is 15.9. The number of aromatic nitrogens is 1. The quantitative estimate of drug-likeness (QED) is 0.0789. The monoisotopic (exact) mass is 786 g/mol. The highest BCUT2D eigenvalue weighted by Crippen LogP contribution is 2.42. The van der Waals surface area contributed by atoms with Gasteiger partial charge in [-0.05, 0) is 86.0 Å². The summed E-state index contributed by atoms with van der Waals surface area (Å²) in [5.41, 5.74) is 5.08. The lowest BCUT2D eigenvalue weighted by atomic mass is 10.0. The minimum absolute atomic E-state index is 0.0582. The van der Waals surface area contributed by atoms with Crippen LogP contribution in [0.25, 0.3) is 32.7 Å². The number of aliphatic hydroxyl groups excluding tert-OH is 1. The highest BCUT2D eigenvalue weighted by atomic mass is 35.5. The first-order valence-corrected chi connectivity index (χ1v) is 19.6. The van der Waals surface area contributed by atoms with Gasteiger partial charge in [-0.15, -0.1) is 11.3 Å². The molecule has 2 aromatic carbocycles. The fraction of sp³-hybridized carbons (Fsp3) is 0.366. The Bertz CT molecular complexity index is 2100. The number of rotatable bonds is 16. The number of carbonyl (C=O) groups is 3. The van der Waals surface area contributed by atoms with E-state index in [9.17, 15) is 19.5 Å². The molecule has 12 nitrogen and oxygen atoms in total. The second-order valence-electron chi connectivity index (χ2n) is 13.6. The van der Waals surface area contributed by atoms with E-state index in [1.807, 2.05) is 72.5 Å². The average molecular weight is 787 g/mol. The van der Waals surface area contributed by atoms with Gasteiger partial charge in [-0.3, -0.25) is 29.2 Å². The van der Waals surface area contributed by atoms with E-state index in [4.69, 9.17) is 30.2 Å². The number of nitrogens with one attached hydrogen (secondary N) is 1. The van der Waals surface area contributed by atoms with E-state index >= 15 is 0 Å². The van der Waals surface area contributed by atoms with Crippen LogP contribution in [0.3, 0.4) is 0 Å². The van der Waals surface area contributed by atoms with Gasteiger partial charge in [-0.1, -0.05) is 11.6 Å². The molecular weight excluding hydrogens is 744 g/mol. The fourth-order valence-corrected chi connectivity index (χ4v) is 8.29. The van der Waals surface area contributed by atoms with Crippen LogP contribution in [0.1, 0.15) is 42.5 Å². The van der Waals surface area contributed by atoms with Crippen molar-refractivity contribution in [1.29, 1.82) is 0 Å². The number of hydrogen-bond acceptors (Lipinski definition) is 11. The van der Waals surface area contributed by atoms with Crippen LogP contribution in [0.5, 0.6) is 5.75 Å². The number of benzene rings is 2. The molecule has 55 heavy (non-hydrogen) atoms. The number of furan rings is 1. The summed E-state index contributed by atoms with van der Waals surface area (Å²) in [4.78, 5) is 45.6. The standard InChI is InChI=1S/C41H43ClN4O8S/c1-26-21-28(42)22-33(32-10-14-43-34-23-31(55-41(32)34)24-46-38(49)8-9-39(46)50)40(26)54-30-11-15-45(16-12-30)37(48)13-18-51-19-20-52-25-36(47)44-29-6-4-27(5-7-29)35-3-2-17-53-35/h2-7,10,14,17,21-23,30,37,48H,8-9,11-13,15-16,18-20,24-25H2,1H3,(H,44,47). The van der Waals surface area contributed by atoms with Gasteiger partial charge in [0.1, 0.15) is 30.4 Å². The molecule has 288 valence electrons. The van der Waals surface area contributed by atoms with E-state index in [0.717, 1.165) is 61.7 Å². The predicted molar refractivity (Wildman–Crippen MR) is 210 cm³/mol. The summed E-state index contributed by atoms with van der Waals surface area (Å²) < 4.78 is 24.2. The lowest BCUT2D eigenvalue weighted by molar-refractivity contribution is -0.139. The molecule has 5 aromatic rings. The molecule has 0 spiro atoms. The molecule has 2 saturated heterocycles. The van der Waals surface area contributed by atoms with Crippen molar-refractivity contribution in [2.45, 2.75) is 57.9 Å². The smallest absolute Gasteiger partial charge is 0.250 e. The van der Waals surface area contributed by atoms with Gasteiger partial charge in [-0.25, -0.2) is 0 Å². The highest BCUT2D eigenvalue weighted by Gasteiger charge is 2.30. The second kappa shape index (κ2) is 17.9. The van der Waals surface area contributed by atoms with Crippen molar-refractivity contribution >= 4 is 56.6 Å². The third kappa shape index (κ3) is 9.61. The largest absolute Gasteiger partial charge is 0.489 e. The van der Waals surface area contributed by atoms with Gasteiger partial charge in [0.25, 0.3) is 0 Å². The third-order valence-electron chi connectivity index (χ3n) is 9.74. The van der Waals surface area contributed by atoms with Gasteiger partial charge >= 0.3 is 0 Å². The van der Waals surface area contributed by atoms with Crippen molar-refractivity contribution in [3.05, 3.63) is 88.6 Å². The summed E-state index contributed by atoms with van der Waals surface area (Å²) in [6, 6.07) is 18.8. The van der Waals surface area contributed by atoms with Crippen LogP contribution in [-0.4, -0.2) is 89.5 Å². The number of aliphatic hydroxyl groups is 1. The van der Waals surface area contributed by atoms with E-state index in [0.29, 0.717) is 43.4 Å². The van der Waals surface area contributed by atoms with Crippen LogP contribution in [0.15, 0.2) is 77.5 Å². The zero-order valence-corrected chi connectivity index (χ0v) is 32.1. The number of anilines is 1. The van der Waals surface area contributed by atoms with Gasteiger partial charge < -0.3 is 29.1 Å². The molecule has 0 aliphatic carbocycles. The Morgan fingerprint density at radius 2 is 1.78 bits per heavy atom. The van der Waals surface area contributed by atoms with Crippen LogP contribution in [-0.2, 0) is 30.4 Å². The molecule has 2 aliphatic rings. The Morgan fingerprint density at radius 3 is 2.53 bits per heavy atom. The number of fused-ring (bicyclic) bond motifs is 1. The van der Waals surface area contributed by atoms with E-state index in [1.165, 1.54) is 16.2 Å². The summed E-state index contributed by atoms with van der Waals surface area (Å²) in [5.74, 6) is 0.972. The number of halogens is 1. The van der Waals surface area contributed by atoms with Crippen molar-refractivity contribution in [3.63, 3.8) is 0 Å². The molecule has 5 heterocycles. The first-order chi connectivity index (χ1) is 26.7. The number of likely N-dealkylation sites (tertiary alicyclic amines) is 2. The van der Waals surface area contributed by atoms with Crippen molar-refractivity contribution in [1.82, 2.24) is 14.8 Å². The molecule has 3 amide bonds. The van der Waals surface area contributed by atoms with Gasteiger partial charge in [0, 0.05) is 70.8 Å². The van der Waals surface area contributed by atoms with Gasteiger partial charge in [0.05, 0.1) is 42.8 Å². The molecule has 1 atom stereocenters. The first kappa shape index (κ1) is 38.6. The molecule has 0 bridgehead atoms. The van der Waals surface area contributed by atoms with Crippen LogP contribution in [0, 0.1) is 6.92 Å². The number of amides is 3. The maximum Gasteiger partial charge on any atom is 0.250 e. The molecule has 7 rings (SSSR count). The lowest BCUT2D eigenvalue weighted by Crippen LogP contribution is -2.44. The molecule has 2 fully saturated rings. The molecule has 0 saturated carbocycles. The minimum atomic E-state index is -0.649. The van der Waals surface area contributed by atoms with E-state index in [2.05, 4.69) is 10.3 Å². The van der Waals surface area contributed by atoms with Crippen LogP contribution in [0.4, 0.5) is 5.69 Å². The zero-order chi connectivity index (χ0) is 38.3. The Labute approximate surface area is 327 Å². The highest BCUT2D eigenvalue weighted by molar-refractivity contribution is 7.19. The summed E-state index contributed by atoms with van der Waals surface area (Å²) in [6.45, 7) is 4.39. The molecule has 0 radical (unpaired) electrons. The molecular formula is C41H43ClN4O8S. The number of aryl methyl sites for hydroxylation is 1. The van der Waals surface area contributed by atoms with E-state index in [1.54, 1.807) is 12.5 Å². The van der Waals surface area contributed by atoms with Crippen molar-refractivity contribution in [3.8, 4) is 28.2 Å². The van der Waals surface area contributed by atoms with Gasteiger partial charge in [0.15, 0.2) is 0 Å². The van der Waals surface area contributed by atoms with E-state index < -0.39 is 6.23 Å². The maximum atomic E-state index is 12.3. The number of imide groups is 1. The molecule has 2 N–H and O–H groups in total. The van der Waals surface area contributed by atoms with Gasteiger partial charge in [0.2, 0.25) is 17.7 Å². The lowest BCUT2D eigenvalue weighted by Gasteiger charge is -2.35. The number of carbonyl (C=O) groups excluding carboxylic acids is 3. The fourth-order valence-electron chi connectivity index (χ4n) is 6.89. The summed E-state index contributed by atoms with van der Waals surface area (Å²) in [6.07, 6.45) is 5.09. The van der Waals surface area contributed by atoms with E-state index in [-0.39, 0.29) is 56.4 Å². The number of piperidine rings is 1. The predicted octanol–water partition coefficient (Wildman–Crippen LogP) is 7.06. The maximum absolute atomic E-state index is 12.3. The van der Waals surface area contributed by atoms with Crippen molar-refractivity contribution in [2.75, 3.05) is 44.8 Å². The van der Waals surface area contributed by atoms with Crippen LogP contribution in [0.2, 0.25) is 5.02 Å². The Balaban J connectivity index is 0.846. The van der Waals surface area contributed by atoms with Crippen LogP contribution < -0.4 is 10.1 Å². The summed E-state index contributed by atoms with van der Waals surface area (Å²) in [7, 11) is 0. The van der Waals surface area contributed by atoms with Crippen LogP contribution >= 0.6 is 22.9 Å². The Hall–Kier alpha value is -4.63. The first-order valence-electron chi connectivity index (χ1n) is 18.4. The average Bonchev–Trinajstić information content (AvgIpc) is 3.94. The number of hydrogen-bond donors (Lipinski definition) is 2. The SMILES string of the molecule is Cc1cc(Cl)cc(-c2ccnc3cc(CN4C(=O)CCC4=O)sc23)c1OC1CCN(C(O)CCOCCOCC(=O)Nc2ccc(-c3ccco3)cc2)CC1. The Morgan fingerprint density at radius 1 is 1.02 bits per heavy atom. The molecule has 14 heteroatoms. The number of pyridine rings is 1. The van der Waals surface area contributed by atoms with Crippen molar-refractivity contribution in [2.24, 2.45) is 0 Å². The molecule has 2 aliphatic heterocycles. The topological polar surface area (TPSA) is 144 Å². The number of thiophene rings is 1. The number of ether oxygens (including phenoxy) is 3. The summed E-state index contributed by atoms with van der Waals surface area (Å²) in [5, 5.41) is 14.3. The molecule has 1 unspecified atom stereocenters. The molecule has 3 aromatic heterocycles. The summed E-state index contributed by atoms with van der Waals surface area (Å²) >= 11 is 8.10. The van der Waals surface area contributed by atoms with Gasteiger partial charge in [-0.2, -0.15) is 0 Å².